The van der Waals surface area contributed by atoms with Crippen molar-refractivity contribution in [2.45, 2.75) is 24.7 Å². The molecule has 2 aliphatic heterocycles. The summed E-state index contributed by atoms with van der Waals surface area (Å²) in [7, 11) is 0. The summed E-state index contributed by atoms with van der Waals surface area (Å²) in [6, 6.07) is 6.25. The number of hydrogen-bond acceptors (Lipinski definition) is 3. The second kappa shape index (κ2) is 7.58. The van der Waals surface area contributed by atoms with Gasteiger partial charge in [0.25, 0.3) is 0 Å². The second-order valence-corrected chi connectivity index (χ2v) is 7.29. The largest absolute Gasteiger partial charge is 0.395 e. The van der Waals surface area contributed by atoms with E-state index < -0.39 is 5.41 Å². The summed E-state index contributed by atoms with van der Waals surface area (Å²) in [5, 5.41) is 9.99. The summed E-state index contributed by atoms with van der Waals surface area (Å²) in [4.78, 5) is 28.2. The predicted molar refractivity (Wildman–Crippen MR) is 95.9 cm³/mol. The molecule has 1 N–H and O–H groups in total. The Balaban J connectivity index is 1.72. The van der Waals surface area contributed by atoms with Crippen LogP contribution in [0.25, 0.3) is 0 Å². The van der Waals surface area contributed by atoms with Crippen LogP contribution in [0.5, 0.6) is 0 Å². The average Bonchev–Trinajstić information content (AvgIpc) is 3.13. The zero-order chi connectivity index (χ0) is 18.7. The maximum Gasteiger partial charge on any atom is 0.245 e. The molecule has 26 heavy (non-hydrogen) atoms. The molecule has 2 heterocycles. The van der Waals surface area contributed by atoms with Crippen LogP contribution in [-0.4, -0.2) is 59.5 Å². The summed E-state index contributed by atoms with van der Waals surface area (Å²) in [6.07, 6.45) is 3.42. The zero-order valence-corrected chi connectivity index (χ0v) is 14.9. The lowest BCUT2D eigenvalue weighted by molar-refractivity contribution is -0.138. The number of piperidine rings is 1. The van der Waals surface area contributed by atoms with Gasteiger partial charge in [-0.05, 0) is 43.0 Å². The number of rotatable bonds is 4. The topological polar surface area (TPSA) is 60.9 Å². The van der Waals surface area contributed by atoms with Crippen molar-refractivity contribution in [1.82, 2.24) is 9.80 Å². The van der Waals surface area contributed by atoms with Crippen molar-refractivity contribution in [3.8, 4) is 0 Å². The third kappa shape index (κ3) is 3.51. The number of halogens is 1. The molecule has 2 unspecified atom stereocenters. The van der Waals surface area contributed by atoms with Crippen LogP contribution in [0.3, 0.4) is 0 Å². The Labute approximate surface area is 153 Å². The number of aliphatic hydroxyl groups is 1. The van der Waals surface area contributed by atoms with Gasteiger partial charge in [0.2, 0.25) is 11.8 Å². The predicted octanol–water partition coefficient (Wildman–Crippen LogP) is 1.71. The molecule has 2 fully saturated rings. The van der Waals surface area contributed by atoms with Crippen molar-refractivity contribution in [3.63, 3.8) is 0 Å². The maximum atomic E-state index is 13.6. The van der Waals surface area contributed by atoms with E-state index in [0.29, 0.717) is 32.6 Å². The summed E-state index contributed by atoms with van der Waals surface area (Å²) in [6.45, 7) is 5.34. The average molecular weight is 360 g/mol. The van der Waals surface area contributed by atoms with Crippen molar-refractivity contribution in [1.29, 1.82) is 0 Å². The molecule has 1 aromatic rings. The first-order valence-corrected chi connectivity index (χ1v) is 9.06. The molecular weight excluding hydrogens is 335 g/mol. The Morgan fingerprint density at radius 1 is 1.35 bits per heavy atom. The molecule has 0 saturated carbocycles. The van der Waals surface area contributed by atoms with E-state index in [2.05, 4.69) is 6.58 Å². The van der Waals surface area contributed by atoms with E-state index in [-0.39, 0.29) is 30.2 Å². The van der Waals surface area contributed by atoms with Crippen molar-refractivity contribution in [3.05, 3.63) is 48.3 Å². The molecule has 0 radical (unpaired) electrons. The van der Waals surface area contributed by atoms with Gasteiger partial charge in [0, 0.05) is 31.6 Å². The van der Waals surface area contributed by atoms with Gasteiger partial charge in [0.15, 0.2) is 0 Å². The van der Waals surface area contributed by atoms with Crippen molar-refractivity contribution in [2.24, 2.45) is 5.92 Å². The number of benzene rings is 1. The molecule has 2 amide bonds. The van der Waals surface area contributed by atoms with Crippen LogP contribution in [0.4, 0.5) is 4.39 Å². The van der Waals surface area contributed by atoms with E-state index in [1.165, 1.54) is 18.2 Å². The molecule has 0 aromatic heterocycles. The maximum absolute atomic E-state index is 13.6. The Hall–Kier alpha value is -2.21. The Morgan fingerprint density at radius 3 is 2.85 bits per heavy atom. The first kappa shape index (κ1) is 18.6. The molecule has 2 aliphatic rings. The van der Waals surface area contributed by atoms with Gasteiger partial charge < -0.3 is 14.9 Å². The minimum atomic E-state index is -0.622. The molecule has 5 nitrogen and oxygen atoms in total. The van der Waals surface area contributed by atoms with Gasteiger partial charge in [-0.25, -0.2) is 4.39 Å². The molecule has 2 atom stereocenters. The molecule has 0 aliphatic carbocycles. The number of carbonyl (C=O) groups excluding carboxylic acids is 2. The van der Waals surface area contributed by atoms with E-state index in [0.717, 1.165) is 18.4 Å². The zero-order valence-electron chi connectivity index (χ0n) is 14.9. The molecule has 0 spiro atoms. The van der Waals surface area contributed by atoms with E-state index in [4.69, 9.17) is 0 Å². The summed E-state index contributed by atoms with van der Waals surface area (Å²) < 4.78 is 13.6. The highest BCUT2D eigenvalue weighted by Crippen LogP contribution is 2.36. The van der Waals surface area contributed by atoms with Crippen LogP contribution in [0, 0.1) is 11.7 Å². The van der Waals surface area contributed by atoms with Crippen LogP contribution >= 0.6 is 0 Å². The summed E-state index contributed by atoms with van der Waals surface area (Å²) >= 11 is 0. The Bertz CT molecular complexity index is 708. The van der Waals surface area contributed by atoms with Gasteiger partial charge in [-0.15, -0.1) is 0 Å². The van der Waals surface area contributed by atoms with Crippen LogP contribution < -0.4 is 0 Å². The quantitative estimate of drug-likeness (QED) is 0.832. The molecule has 140 valence electrons. The third-order valence-electron chi connectivity index (χ3n) is 5.66. The molecule has 2 saturated heterocycles. The number of likely N-dealkylation sites (tertiary alicyclic amines) is 2. The SMILES string of the molecule is C=CC(=O)N1CCCC(C(=O)N2CCC(CO)(c3cccc(F)c3)C2)C1. The fraction of sp³-hybridized carbons (Fsp3) is 0.500. The number of aliphatic hydroxyl groups excluding tert-OH is 1. The highest BCUT2D eigenvalue weighted by atomic mass is 19.1. The van der Waals surface area contributed by atoms with Gasteiger partial charge in [-0.3, -0.25) is 9.59 Å². The summed E-state index contributed by atoms with van der Waals surface area (Å²) in [5.41, 5.74) is 0.102. The molecule has 3 rings (SSSR count). The van der Waals surface area contributed by atoms with Gasteiger partial charge in [-0.1, -0.05) is 18.7 Å². The smallest absolute Gasteiger partial charge is 0.245 e. The highest BCUT2D eigenvalue weighted by Gasteiger charge is 2.43. The van der Waals surface area contributed by atoms with Gasteiger partial charge >= 0.3 is 0 Å². The standard InChI is InChI=1S/C20H25FN2O3/c1-2-18(25)22-9-4-5-15(12-22)19(26)23-10-8-20(13-23,14-24)16-6-3-7-17(21)11-16/h2-3,6-7,11,15,24H,1,4-5,8-10,12-14H2. The lowest BCUT2D eigenvalue weighted by Gasteiger charge is -2.34. The van der Waals surface area contributed by atoms with Crippen LogP contribution in [0.1, 0.15) is 24.8 Å². The summed E-state index contributed by atoms with van der Waals surface area (Å²) in [5.74, 6) is -0.702. The van der Waals surface area contributed by atoms with E-state index in [1.807, 2.05) is 0 Å². The van der Waals surface area contributed by atoms with Crippen molar-refractivity contribution < 1.29 is 19.1 Å². The second-order valence-electron chi connectivity index (χ2n) is 7.29. The van der Waals surface area contributed by atoms with E-state index in [9.17, 15) is 19.1 Å². The monoisotopic (exact) mass is 360 g/mol. The van der Waals surface area contributed by atoms with E-state index in [1.54, 1.807) is 21.9 Å². The van der Waals surface area contributed by atoms with Gasteiger partial charge in [0.05, 0.1) is 12.5 Å². The number of amides is 2. The van der Waals surface area contributed by atoms with Gasteiger partial charge in [0.1, 0.15) is 5.82 Å². The van der Waals surface area contributed by atoms with Gasteiger partial charge in [-0.2, -0.15) is 0 Å². The number of hydrogen-bond donors (Lipinski definition) is 1. The van der Waals surface area contributed by atoms with E-state index >= 15 is 0 Å². The number of nitrogens with zero attached hydrogens (tertiary/aromatic N) is 2. The van der Waals surface area contributed by atoms with Crippen LogP contribution in [0.15, 0.2) is 36.9 Å². The number of carbonyl (C=O) groups is 2. The minimum absolute atomic E-state index is 0.0123. The lowest BCUT2D eigenvalue weighted by atomic mass is 9.80. The Morgan fingerprint density at radius 2 is 2.15 bits per heavy atom. The van der Waals surface area contributed by atoms with Crippen LogP contribution in [0.2, 0.25) is 0 Å². The third-order valence-corrected chi connectivity index (χ3v) is 5.66. The molecular formula is C20H25FN2O3. The Kier molecular flexibility index (Phi) is 5.41. The molecule has 1 aromatic carbocycles. The lowest BCUT2D eigenvalue weighted by Crippen LogP contribution is -2.46. The first-order valence-electron chi connectivity index (χ1n) is 9.06. The fourth-order valence-electron chi connectivity index (χ4n) is 4.10. The normalized spacial score (nSPS) is 26.0. The molecule has 0 bridgehead atoms. The van der Waals surface area contributed by atoms with Crippen LogP contribution in [-0.2, 0) is 15.0 Å². The fourth-order valence-corrected chi connectivity index (χ4v) is 4.10. The van der Waals surface area contributed by atoms with Crippen molar-refractivity contribution >= 4 is 11.8 Å². The minimum Gasteiger partial charge on any atom is -0.395 e. The van der Waals surface area contributed by atoms with Crippen molar-refractivity contribution in [2.75, 3.05) is 32.8 Å². The molecule has 6 heteroatoms. The first-order chi connectivity index (χ1) is 12.5. The highest BCUT2D eigenvalue weighted by molar-refractivity contribution is 5.88.